The number of hydrogen-bond donors (Lipinski definition) is 0. The molecule has 3 aliphatic heterocycles. The van der Waals surface area contributed by atoms with Gasteiger partial charge in [0.25, 0.3) is 0 Å². The van der Waals surface area contributed by atoms with E-state index in [0.717, 1.165) is 56.3 Å². The lowest BCUT2D eigenvalue weighted by Crippen LogP contribution is -2.33. The predicted octanol–water partition coefficient (Wildman–Crippen LogP) is 5.43. The maximum absolute atomic E-state index is 6.43. The summed E-state index contributed by atoms with van der Waals surface area (Å²) in [6.45, 7) is 0.260. The predicted molar refractivity (Wildman–Crippen MR) is 119 cm³/mol. The molecule has 0 N–H and O–H groups in total. The van der Waals surface area contributed by atoms with E-state index < -0.39 is 0 Å². The number of benzene rings is 3. The van der Waals surface area contributed by atoms with Gasteiger partial charge in [-0.05, 0) is 58.4 Å². The Kier molecular flexibility index (Phi) is 4.31. The van der Waals surface area contributed by atoms with Crippen LogP contribution in [0.1, 0.15) is 35.4 Å². The standard InChI is InChI=1S/C24H19BrN2O4/c1-28-21-8-7-15(10-17(21)25)24-27-19(16-4-2-3-5-20(16)31-24)12-18(26-27)14-6-9-22-23(11-14)30-13-29-22/h2-11,19,24H,12-13H2,1H3/t19-,24+/m1/s1. The van der Waals surface area contributed by atoms with E-state index in [9.17, 15) is 0 Å². The normalized spacial score (nSPS) is 20.6. The molecule has 3 aromatic carbocycles. The van der Waals surface area contributed by atoms with E-state index in [1.165, 1.54) is 0 Å². The summed E-state index contributed by atoms with van der Waals surface area (Å²) in [5.74, 6) is 3.21. The number of halogens is 1. The summed E-state index contributed by atoms with van der Waals surface area (Å²) in [4.78, 5) is 0. The highest BCUT2D eigenvalue weighted by atomic mass is 79.9. The Labute approximate surface area is 188 Å². The van der Waals surface area contributed by atoms with E-state index in [2.05, 4.69) is 27.0 Å². The van der Waals surface area contributed by atoms with Crippen LogP contribution in [0.25, 0.3) is 0 Å². The molecule has 0 fully saturated rings. The van der Waals surface area contributed by atoms with Crippen LogP contribution in [-0.2, 0) is 0 Å². The third-order valence-corrected chi connectivity index (χ3v) is 6.49. The van der Waals surface area contributed by atoms with Crippen LogP contribution in [0.2, 0.25) is 0 Å². The minimum absolute atomic E-state index is 0.0938. The molecule has 6 nitrogen and oxygen atoms in total. The Morgan fingerprint density at radius 1 is 1.00 bits per heavy atom. The molecule has 3 aliphatic rings. The highest BCUT2D eigenvalue weighted by Crippen LogP contribution is 2.48. The first kappa shape index (κ1) is 18.6. The van der Waals surface area contributed by atoms with Gasteiger partial charge in [-0.3, -0.25) is 0 Å². The van der Waals surface area contributed by atoms with Crippen molar-refractivity contribution in [3.63, 3.8) is 0 Å². The molecule has 2 atom stereocenters. The van der Waals surface area contributed by atoms with E-state index in [1.54, 1.807) is 7.11 Å². The number of para-hydroxylation sites is 1. The van der Waals surface area contributed by atoms with Crippen molar-refractivity contribution in [2.75, 3.05) is 13.9 Å². The van der Waals surface area contributed by atoms with Crippen molar-refractivity contribution < 1.29 is 18.9 Å². The van der Waals surface area contributed by atoms with Crippen LogP contribution >= 0.6 is 15.9 Å². The monoisotopic (exact) mass is 478 g/mol. The van der Waals surface area contributed by atoms with Gasteiger partial charge in [0.1, 0.15) is 11.5 Å². The zero-order chi connectivity index (χ0) is 20.9. The van der Waals surface area contributed by atoms with Gasteiger partial charge < -0.3 is 18.9 Å². The Morgan fingerprint density at radius 3 is 2.74 bits per heavy atom. The first-order chi connectivity index (χ1) is 15.2. The quantitative estimate of drug-likeness (QED) is 0.502. The molecule has 0 bridgehead atoms. The van der Waals surface area contributed by atoms with E-state index in [0.29, 0.717) is 0 Å². The maximum atomic E-state index is 6.43. The molecule has 0 saturated heterocycles. The lowest BCUT2D eigenvalue weighted by Gasteiger charge is -2.38. The number of hydrogen-bond acceptors (Lipinski definition) is 6. The first-order valence-corrected chi connectivity index (χ1v) is 10.9. The fourth-order valence-corrected chi connectivity index (χ4v) is 4.90. The van der Waals surface area contributed by atoms with Crippen molar-refractivity contribution >= 4 is 21.6 Å². The molecule has 31 heavy (non-hydrogen) atoms. The average Bonchev–Trinajstić information content (AvgIpc) is 3.45. The third kappa shape index (κ3) is 3.03. The molecule has 0 spiro atoms. The summed E-state index contributed by atoms with van der Waals surface area (Å²) >= 11 is 3.59. The van der Waals surface area contributed by atoms with Gasteiger partial charge in [0.15, 0.2) is 11.5 Å². The second kappa shape index (κ2) is 7.20. The van der Waals surface area contributed by atoms with Gasteiger partial charge in [0.05, 0.1) is 23.3 Å². The van der Waals surface area contributed by atoms with Crippen LogP contribution in [0.15, 0.2) is 70.2 Å². The van der Waals surface area contributed by atoms with Crippen molar-refractivity contribution in [2.45, 2.75) is 18.7 Å². The fourth-order valence-electron chi connectivity index (χ4n) is 4.34. The number of hydrazone groups is 1. The average molecular weight is 479 g/mol. The van der Waals surface area contributed by atoms with Crippen LogP contribution in [0, 0.1) is 0 Å². The Morgan fingerprint density at radius 2 is 1.87 bits per heavy atom. The van der Waals surface area contributed by atoms with Crippen molar-refractivity contribution in [2.24, 2.45) is 5.10 Å². The highest BCUT2D eigenvalue weighted by molar-refractivity contribution is 9.10. The van der Waals surface area contributed by atoms with Gasteiger partial charge in [-0.25, -0.2) is 5.01 Å². The summed E-state index contributed by atoms with van der Waals surface area (Å²) < 4.78 is 23.7. The number of methoxy groups -OCH3 is 1. The van der Waals surface area contributed by atoms with Crippen LogP contribution in [0.4, 0.5) is 0 Å². The van der Waals surface area contributed by atoms with Crippen molar-refractivity contribution in [1.82, 2.24) is 5.01 Å². The zero-order valence-corrected chi connectivity index (χ0v) is 18.3. The molecule has 0 saturated carbocycles. The minimum atomic E-state index is -0.339. The number of nitrogens with zero attached hydrogens (tertiary/aromatic N) is 2. The molecular weight excluding hydrogens is 460 g/mol. The smallest absolute Gasteiger partial charge is 0.231 e. The van der Waals surface area contributed by atoms with Gasteiger partial charge in [-0.15, -0.1) is 0 Å². The maximum Gasteiger partial charge on any atom is 0.231 e. The molecule has 0 aromatic heterocycles. The molecule has 0 aliphatic carbocycles. The summed E-state index contributed by atoms with van der Waals surface area (Å²) in [5.41, 5.74) is 4.18. The molecular formula is C24H19BrN2O4. The minimum Gasteiger partial charge on any atom is -0.496 e. The molecule has 0 amide bonds. The molecule has 0 unspecified atom stereocenters. The van der Waals surface area contributed by atoms with Gasteiger partial charge in [-0.1, -0.05) is 18.2 Å². The number of fused-ring (bicyclic) bond motifs is 4. The lowest BCUT2D eigenvalue weighted by atomic mass is 9.96. The summed E-state index contributed by atoms with van der Waals surface area (Å²) in [6.07, 6.45) is 0.446. The van der Waals surface area contributed by atoms with Crippen LogP contribution in [0.5, 0.6) is 23.0 Å². The summed E-state index contributed by atoms with van der Waals surface area (Å²) in [5, 5.41) is 7.08. The second-order valence-electron chi connectivity index (χ2n) is 7.62. The molecule has 3 aromatic rings. The molecule has 3 heterocycles. The van der Waals surface area contributed by atoms with E-state index in [4.69, 9.17) is 24.0 Å². The summed E-state index contributed by atoms with van der Waals surface area (Å²) in [6, 6.07) is 20.3. The molecule has 156 valence electrons. The highest BCUT2D eigenvalue weighted by Gasteiger charge is 2.41. The largest absolute Gasteiger partial charge is 0.496 e. The Bertz CT molecular complexity index is 1210. The van der Waals surface area contributed by atoms with Gasteiger partial charge in [0.2, 0.25) is 13.0 Å². The first-order valence-electron chi connectivity index (χ1n) is 10.1. The lowest BCUT2D eigenvalue weighted by molar-refractivity contribution is -0.0190. The van der Waals surface area contributed by atoms with Crippen molar-refractivity contribution in [1.29, 1.82) is 0 Å². The third-order valence-electron chi connectivity index (χ3n) is 5.87. The van der Waals surface area contributed by atoms with E-state index >= 15 is 0 Å². The molecule has 6 rings (SSSR count). The topological polar surface area (TPSA) is 52.5 Å². The van der Waals surface area contributed by atoms with Gasteiger partial charge in [0, 0.05) is 23.1 Å². The summed E-state index contributed by atoms with van der Waals surface area (Å²) in [7, 11) is 1.66. The fraction of sp³-hybridized carbons (Fsp3) is 0.208. The Balaban J connectivity index is 1.42. The number of ether oxygens (including phenoxy) is 4. The Hall–Kier alpha value is -3.19. The molecule has 7 heteroatoms. The van der Waals surface area contributed by atoms with E-state index in [1.807, 2.05) is 54.6 Å². The van der Waals surface area contributed by atoms with Crippen LogP contribution < -0.4 is 18.9 Å². The van der Waals surface area contributed by atoms with Gasteiger partial charge >= 0.3 is 0 Å². The molecule has 0 radical (unpaired) electrons. The SMILES string of the molecule is COc1ccc([C@@H]2Oc3ccccc3[C@H]3CC(c4ccc5c(c4)OCO5)=NN32)cc1Br. The zero-order valence-electron chi connectivity index (χ0n) is 16.7. The van der Waals surface area contributed by atoms with Gasteiger partial charge in [-0.2, -0.15) is 5.10 Å². The second-order valence-corrected chi connectivity index (χ2v) is 8.47. The van der Waals surface area contributed by atoms with Crippen molar-refractivity contribution in [3.8, 4) is 23.0 Å². The van der Waals surface area contributed by atoms with Crippen molar-refractivity contribution in [3.05, 3.63) is 81.8 Å². The van der Waals surface area contributed by atoms with E-state index in [-0.39, 0.29) is 19.1 Å². The van der Waals surface area contributed by atoms with Crippen LogP contribution in [-0.4, -0.2) is 24.6 Å². The number of rotatable bonds is 3. The van der Waals surface area contributed by atoms with Crippen LogP contribution in [0.3, 0.4) is 0 Å².